The maximum atomic E-state index is 9.96. The highest BCUT2D eigenvalue weighted by molar-refractivity contribution is 5.53. The number of morpholine rings is 1. The molecule has 0 aliphatic carbocycles. The number of aliphatic hydroxyl groups is 1. The zero-order chi connectivity index (χ0) is 13.0. The Labute approximate surface area is 107 Å². The van der Waals surface area contributed by atoms with E-state index >= 15 is 0 Å². The van der Waals surface area contributed by atoms with E-state index in [1.165, 1.54) is 0 Å². The average molecular weight is 252 g/mol. The van der Waals surface area contributed by atoms with E-state index in [1.54, 1.807) is 13.1 Å². The second-order valence-corrected chi connectivity index (χ2v) is 4.42. The van der Waals surface area contributed by atoms with Crippen molar-refractivity contribution in [1.82, 2.24) is 5.32 Å². The molecule has 0 bridgehead atoms. The molecular weight excluding hydrogens is 232 g/mol. The van der Waals surface area contributed by atoms with Gasteiger partial charge in [-0.1, -0.05) is 0 Å². The van der Waals surface area contributed by atoms with Gasteiger partial charge in [-0.05, 0) is 25.2 Å². The Morgan fingerprint density at radius 1 is 1.39 bits per heavy atom. The van der Waals surface area contributed by atoms with Gasteiger partial charge in [0, 0.05) is 30.9 Å². The van der Waals surface area contributed by atoms with Gasteiger partial charge in [0.2, 0.25) is 0 Å². The van der Waals surface area contributed by atoms with Gasteiger partial charge in [0.15, 0.2) is 0 Å². The summed E-state index contributed by atoms with van der Waals surface area (Å²) in [5.41, 5.74) is 1.58. The van der Waals surface area contributed by atoms with Crippen LogP contribution in [0.4, 0.5) is 5.69 Å². The van der Waals surface area contributed by atoms with Gasteiger partial charge in [-0.3, -0.25) is 0 Å². The summed E-state index contributed by atoms with van der Waals surface area (Å²) in [4.78, 5) is 2.19. The predicted octanol–water partition coefficient (Wildman–Crippen LogP) is 0.482. The molecule has 0 saturated carbocycles. The van der Waals surface area contributed by atoms with Gasteiger partial charge in [-0.15, -0.1) is 0 Å². The highest BCUT2D eigenvalue weighted by Gasteiger charge is 2.16. The van der Waals surface area contributed by atoms with E-state index < -0.39 is 6.10 Å². The number of benzene rings is 1. The Kier molecular flexibility index (Phi) is 4.41. The molecule has 100 valence electrons. The van der Waals surface area contributed by atoms with Crippen LogP contribution in [0, 0.1) is 0 Å². The fraction of sp³-hybridized carbons (Fsp3) is 0.538. The molecule has 1 aliphatic heterocycles. The maximum absolute atomic E-state index is 9.96. The summed E-state index contributed by atoms with van der Waals surface area (Å²) in [6.07, 6.45) is -0.698. The minimum atomic E-state index is -0.698. The number of aliphatic hydroxyl groups excluding tert-OH is 1. The van der Waals surface area contributed by atoms with Crippen LogP contribution in [0.15, 0.2) is 18.2 Å². The molecule has 3 N–H and O–H groups in total. The third-order valence-electron chi connectivity index (χ3n) is 3.14. The number of phenols is 1. The molecule has 1 atom stereocenters. The average Bonchev–Trinajstić information content (AvgIpc) is 2.40. The van der Waals surface area contributed by atoms with Gasteiger partial charge < -0.3 is 25.2 Å². The number of nitrogens with zero attached hydrogens (tertiary/aromatic N) is 1. The molecule has 1 aliphatic rings. The number of aromatic hydroxyl groups is 1. The zero-order valence-electron chi connectivity index (χ0n) is 10.6. The van der Waals surface area contributed by atoms with Crippen molar-refractivity contribution in [2.24, 2.45) is 0 Å². The molecule has 0 radical (unpaired) electrons. The second-order valence-electron chi connectivity index (χ2n) is 4.42. The Bertz CT molecular complexity index is 392. The van der Waals surface area contributed by atoms with Crippen LogP contribution >= 0.6 is 0 Å². The summed E-state index contributed by atoms with van der Waals surface area (Å²) in [5, 5.41) is 22.7. The highest BCUT2D eigenvalue weighted by atomic mass is 16.5. The molecule has 1 fully saturated rings. The van der Waals surface area contributed by atoms with Crippen LogP contribution in [-0.4, -0.2) is 50.1 Å². The fourth-order valence-electron chi connectivity index (χ4n) is 2.13. The first-order chi connectivity index (χ1) is 8.72. The minimum Gasteiger partial charge on any atom is -0.508 e. The predicted molar refractivity (Wildman–Crippen MR) is 70.0 cm³/mol. The number of hydrogen-bond acceptors (Lipinski definition) is 5. The van der Waals surface area contributed by atoms with E-state index in [1.807, 2.05) is 12.1 Å². The van der Waals surface area contributed by atoms with Crippen molar-refractivity contribution in [3.63, 3.8) is 0 Å². The first kappa shape index (κ1) is 13.1. The minimum absolute atomic E-state index is 0.134. The number of anilines is 1. The van der Waals surface area contributed by atoms with Crippen LogP contribution in [0.2, 0.25) is 0 Å². The number of nitrogens with one attached hydrogen (secondary N) is 1. The second kappa shape index (κ2) is 6.04. The lowest BCUT2D eigenvalue weighted by molar-refractivity contribution is 0.122. The Hall–Kier alpha value is -1.30. The summed E-state index contributed by atoms with van der Waals surface area (Å²) in [7, 11) is 1.77. The fourth-order valence-corrected chi connectivity index (χ4v) is 2.13. The summed E-state index contributed by atoms with van der Waals surface area (Å²) in [5.74, 6) is 0.134. The lowest BCUT2D eigenvalue weighted by Crippen LogP contribution is -2.36. The van der Waals surface area contributed by atoms with E-state index in [4.69, 9.17) is 4.74 Å². The van der Waals surface area contributed by atoms with Crippen LogP contribution in [0.1, 0.15) is 11.7 Å². The first-order valence-corrected chi connectivity index (χ1v) is 6.20. The lowest BCUT2D eigenvalue weighted by atomic mass is 10.1. The quantitative estimate of drug-likeness (QED) is 0.727. The number of hydrogen-bond donors (Lipinski definition) is 3. The number of phenolic OH excluding ortho intramolecular Hbond substituents is 1. The van der Waals surface area contributed by atoms with Gasteiger partial charge >= 0.3 is 0 Å². The SMILES string of the molecule is CNCC(O)c1cc(N2CCOCC2)ccc1O. The van der Waals surface area contributed by atoms with Crippen LogP contribution in [-0.2, 0) is 4.74 Å². The van der Waals surface area contributed by atoms with E-state index in [2.05, 4.69) is 10.2 Å². The Balaban J connectivity index is 2.19. The smallest absolute Gasteiger partial charge is 0.121 e. The number of likely N-dealkylation sites (N-methyl/N-ethyl adjacent to an activating group) is 1. The van der Waals surface area contributed by atoms with Crippen LogP contribution in [0.5, 0.6) is 5.75 Å². The Morgan fingerprint density at radius 3 is 2.78 bits per heavy atom. The standard InChI is InChI=1S/C13H20N2O3/c1-14-9-13(17)11-8-10(2-3-12(11)16)15-4-6-18-7-5-15/h2-3,8,13-14,16-17H,4-7,9H2,1H3. The van der Waals surface area contributed by atoms with Gasteiger partial charge in [-0.2, -0.15) is 0 Å². The first-order valence-electron chi connectivity index (χ1n) is 6.20. The normalized spacial score (nSPS) is 17.8. The molecule has 5 nitrogen and oxygen atoms in total. The third-order valence-corrected chi connectivity index (χ3v) is 3.14. The maximum Gasteiger partial charge on any atom is 0.121 e. The number of ether oxygens (including phenoxy) is 1. The molecule has 1 unspecified atom stereocenters. The molecule has 1 aromatic rings. The van der Waals surface area contributed by atoms with E-state index in [0.29, 0.717) is 12.1 Å². The largest absolute Gasteiger partial charge is 0.508 e. The van der Waals surface area contributed by atoms with Crippen LogP contribution in [0.25, 0.3) is 0 Å². The Morgan fingerprint density at radius 2 is 2.11 bits per heavy atom. The lowest BCUT2D eigenvalue weighted by Gasteiger charge is -2.29. The molecule has 1 saturated heterocycles. The molecule has 0 spiro atoms. The monoisotopic (exact) mass is 252 g/mol. The van der Waals surface area contributed by atoms with Crippen LogP contribution < -0.4 is 10.2 Å². The molecule has 0 aromatic heterocycles. The highest BCUT2D eigenvalue weighted by Crippen LogP contribution is 2.29. The number of rotatable bonds is 4. The van der Waals surface area contributed by atoms with Gasteiger partial charge in [0.25, 0.3) is 0 Å². The van der Waals surface area contributed by atoms with E-state index in [0.717, 1.165) is 32.0 Å². The van der Waals surface area contributed by atoms with E-state index in [9.17, 15) is 10.2 Å². The summed E-state index contributed by atoms with van der Waals surface area (Å²) in [6.45, 7) is 3.53. The van der Waals surface area contributed by atoms with Crippen molar-refractivity contribution in [1.29, 1.82) is 0 Å². The van der Waals surface area contributed by atoms with Crippen LogP contribution in [0.3, 0.4) is 0 Å². The molecule has 5 heteroatoms. The molecular formula is C13H20N2O3. The summed E-state index contributed by atoms with van der Waals surface area (Å²) < 4.78 is 5.31. The molecule has 18 heavy (non-hydrogen) atoms. The van der Waals surface area contributed by atoms with Gasteiger partial charge in [0.05, 0.1) is 19.3 Å². The zero-order valence-corrected chi connectivity index (χ0v) is 10.6. The molecule has 1 heterocycles. The van der Waals surface area contributed by atoms with Crippen molar-refractivity contribution in [3.8, 4) is 5.75 Å². The van der Waals surface area contributed by atoms with Gasteiger partial charge in [0.1, 0.15) is 5.75 Å². The summed E-state index contributed by atoms with van der Waals surface area (Å²) in [6, 6.07) is 5.36. The van der Waals surface area contributed by atoms with Crippen molar-refractivity contribution in [2.45, 2.75) is 6.10 Å². The van der Waals surface area contributed by atoms with Crippen molar-refractivity contribution < 1.29 is 14.9 Å². The topological polar surface area (TPSA) is 65.0 Å². The van der Waals surface area contributed by atoms with E-state index in [-0.39, 0.29) is 5.75 Å². The van der Waals surface area contributed by atoms with Crippen molar-refractivity contribution >= 4 is 5.69 Å². The van der Waals surface area contributed by atoms with Crippen molar-refractivity contribution in [2.75, 3.05) is 44.8 Å². The summed E-state index contributed by atoms with van der Waals surface area (Å²) >= 11 is 0. The molecule has 0 amide bonds. The molecule has 1 aromatic carbocycles. The third kappa shape index (κ3) is 2.93. The van der Waals surface area contributed by atoms with Crippen molar-refractivity contribution in [3.05, 3.63) is 23.8 Å². The van der Waals surface area contributed by atoms with Gasteiger partial charge in [-0.25, -0.2) is 0 Å². The molecule has 2 rings (SSSR count).